The van der Waals surface area contributed by atoms with Crippen LogP contribution in [0.3, 0.4) is 0 Å². The maximum absolute atomic E-state index is 12.8. The Balaban J connectivity index is 2.16. The molecule has 1 aromatic carbocycles. The van der Waals surface area contributed by atoms with E-state index >= 15 is 0 Å². The normalized spacial score (nSPS) is 16.5. The first kappa shape index (κ1) is 17.7. The minimum absolute atomic E-state index is 0.0647. The molecule has 2 heterocycles. The van der Waals surface area contributed by atoms with Gasteiger partial charge in [-0.05, 0) is 31.4 Å². The minimum Gasteiger partial charge on any atom is -0.312 e. The Kier molecular flexibility index (Phi) is 4.99. The summed E-state index contributed by atoms with van der Waals surface area (Å²) in [7, 11) is 1.86. The molecule has 0 fully saturated rings. The molecule has 0 saturated heterocycles. The maximum atomic E-state index is 12.8. The van der Waals surface area contributed by atoms with E-state index in [1.54, 1.807) is 0 Å². The number of nitrogens with zero attached hydrogens (tertiary/aromatic N) is 2. The molecule has 1 amide bonds. The molecule has 0 spiro atoms. The van der Waals surface area contributed by atoms with E-state index in [0.717, 1.165) is 23.3 Å². The number of aryl methyl sites for hydroxylation is 2. The summed E-state index contributed by atoms with van der Waals surface area (Å²) in [6.45, 7) is 6.15. The van der Waals surface area contributed by atoms with Gasteiger partial charge in [-0.1, -0.05) is 42.4 Å². The van der Waals surface area contributed by atoms with E-state index < -0.39 is 0 Å². The van der Waals surface area contributed by atoms with Gasteiger partial charge in [-0.25, -0.2) is 0 Å². The number of hydrogen-bond donors (Lipinski definition) is 1. The van der Waals surface area contributed by atoms with Crippen LogP contribution in [0.25, 0.3) is 0 Å². The average molecular weight is 357 g/mol. The molecule has 1 N–H and O–H groups in total. The summed E-state index contributed by atoms with van der Waals surface area (Å²) in [6.07, 6.45) is 1.27. The third-order valence-corrected chi connectivity index (χ3v) is 5.77. The quantitative estimate of drug-likeness (QED) is 0.673. The van der Waals surface area contributed by atoms with Crippen molar-refractivity contribution >= 4 is 23.5 Å². The van der Waals surface area contributed by atoms with E-state index in [1.165, 1.54) is 17.3 Å². The van der Waals surface area contributed by atoms with Crippen LogP contribution < -0.4 is 10.9 Å². The topological polar surface area (TPSA) is 64.0 Å². The molecule has 3 rings (SSSR count). The Hall–Kier alpha value is -2.08. The zero-order chi connectivity index (χ0) is 18.1. The Bertz CT molecular complexity index is 889. The van der Waals surface area contributed by atoms with Gasteiger partial charge < -0.3 is 9.88 Å². The van der Waals surface area contributed by atoms with Crippen molar-refractivity contribution in [1.29, 1.82) is 0 Å². The van der Waals surface area contributed by atoms with Crippen molar-refractivity contribution in [3.63, 3.8) is 0 Å². The number of carbonyl (C=O) groups is 1. The standard InChI is InChI=1S/C19H23N3O2S/c1-5-8-25-19-21-18(24)16-14(10-15(23)20-17(16)22(19)4)13-7-6-11(2)9-12(13)3/h6-7,9,14H,5,8,10H2,1-4H3,(H,20,23)/t14-/m1/s1. The van der Waals surface area contributed by atoms with Crippen LogP contribution in [0.1, 0.15) is 47.9 Å². The summed E-state index contributed by atoms with van der Waals surface area (Å²) in [4.78, 5) is 29.4. The van der Waals surface area contributed by atoms with Gasteiger partial charge in [-0.3, -0.25) is 9.59 Å². The summed E-state index contributed by atoms with van der Waals surface area (Å²) < 4.78 is 1.84. The molecule has 0 unspecified atom stereocenters. The lowest BCUT2D eigenvalue weighted by molar-refractivity contribution is -0.116. The molecule has 0 saturated carbocycles. The molecule has 0 radical (unpaired) electrons. The number of amides is 1. The van der Waals surface area contributed by atoms with Gasteiger partial charge in [-0.15, -0.1) is 0 Å². The Morgan fingerprint density at radius 3 is 2.76 bits per heavy atom. The first-order chi connectivity index (χ1) is 11.9. The highest BCUT2D eigenvalue weighted by molar-refractivity contribution is 7.99. The molecule has 1 aliphatic heterocycles. The van der Waals surface area contributed by atoms with Gasteiger partial charge in [0, 0.05) is 25.1 Å². The first-order valence-electron chi connectivity index (χ1n) is 8.53. The van der Waals surface area contributed by atoms with Gasteiger partial charge >= 0.3 is 0 Å². The van der Waals surface area contributed by atoms with Gasteiger partial charge in [-0.2, -0.15) is 4.98 Å². The fourth-order valence-electron chi connectivity index (χ4n) is 3.34. The molecule has 132 valence electrons. The maximum Gasteiger partial charge on any atom is 0.279 e. The largest absolute Gasteiger partial charge is 0.312 e. The summed E-state index contributed by atoms with van der Waals surface area (Å²) in [6, 6.07) is 6.14. The lowest BCUT2D eigenvalue weighted by Crippen LogP contribution is -2.33. The van der Waals surface area contributed by atoms with E-state index in [4.69, 9.17) is 0 Å². The molecule has 1 aliphatic rings. The van der Waals surface area contributed by atoms with Crippen molar-refractivity contribution in [2.24, 2.45) is 7.05 Å². The summed E-state index contributed by atoms with van der Waals surface area (Å²) in [5.74, 6) is 1.15. The number of fused-ring (bicyclic) bond motifs is 1. The number of carbonyl (C=O) groups excluding carboxylic acids is 1. The van der Waals surface area contributed by atoms with Crippen molar-refractivity contribution in [2.75, 3.05) is 11.1 Å². The van der Waals surface area contributed by atoms with Crippen LogP contribution in [0.2, 0.25) is 0 Å². The van der Waals surface area contributed by atoms with Gasteiger partial charge in [0.25, 0.3) is 5.56 Å². The molecule has 0 aliphatic carbocycles. The van der Waals surface area contributed by atoms with E-state index in [2.05, 4.69) is 23.3 Å². The SMILES string of the molecule is CCCSc1nc(=O)c2c(n1C)NC(=O)C[C@@H]2c1ccc(C)cc1C. The molecule has 6 heteroatoms. The van der Waals surface area contributed by atoms with Crippen molar-refractivity contribution in [3.05, 3.63) is 50.8 Å². The zero-order valence-electron chi connectivity index (χ0n) is 15.0. The van der Waals surface area contributed by atoms with Crippen LogP contribution in [0.5, 0.6) is 0 Å². The second-order valence-electron chi connectivity index (χ2n) is 6.53. The number of thioether (sulfide) groups is 1. The predicted octanol–water partition coefficient (Wildman–Crippen LogP) is 3.37. The second kappa shape index (κ2) is 7.04. The van der Waals surface area contributed by atoms with Crippen LogP contribution in [-0.4, -0.2) is 21.2 Å². The third kappa shape index (κ3) is 3.35. The minimum atomic E-state index is -0.249. The zero-order valence-corrected chi connectivity index (χ0v) is 15.9. The lowest BCUT2D eigenvalue weighted by atomic mass is 9.84. The molecule has 1 aromatic heterocycles. The molecule has 0 bridgehead atoms. The number of anilines is 1. The van der Waals surface area contributed by atoms with Crippen LogP contribution >= 0.6 is 11.8 Å². The highest BCUT2D eigenvalue weighted by Crippen LogP contribution is 2.37. The number of hydrogen-bond acceptors (Lipinski definition) is 4. The predicted molar refractivity (Wildman–Crippen MR) is 101 cm³/mol. The van der Waals surface area contributed by atoms with E-state index in [-0.39, 0.29) is 23.8 Å². The van der Waals surface area contributed by atoms with Crippen molar-refractivity contribution < 1.29 is 4.79 Å². The Labute approximate surface area is 151 Å². The second-order valence-corrected chi connectivity index (χ2v) is 7.60. The highest BCUT2D eigenvalue weighted by Gasteiger charge is 2.32. The summed E-state index contributed by atoms with van der Waals surface area (Å²) in [5, 5.41) is 3.53. The van der Waals surface area contributed by atoms with Gasteiger partial charge in [0.1, 0.15) is 5.82 Å². The molecular weight excluding hydrogens is 334 g/mol. The number of nitrogens with one attached hydrogen (secondary N) is 1. The van der Waals surface area contributed by atoms with Gasteiger partial charge in [0.15, 0.2) is 5.16 Å². The Morgan fingerprint density at radius 1 is 1.32 bits per heavy atom. The number of benzene rings is 1. The molecule has 1 atom stereocenters. The van der Waals surface area contributed by atoms with Crippen molar-refractivity contribution in [2.45, 2.75) is 44.7 Å². The monoisotopic (exact) mass is 357 g/mol. The van der Waals surface area contributed by atoms with Crippen LogP contribution in [0.15, 0.2) is 28.2 Å². The van der Waals surface area contributed by atoms with Crippen molar-refractivity contribution in [1.82, 2.24) is 9.55 Å². The number of rotatable bonds is 4. The van der Waals surface area contributed by atoms with Crippen molar-refractivity contribution in [3.8, 4) is 0 Å². The fraction of sp³-hybridized carbons (Fsp3) is 0.421. The Morgan fingerprint density at radius 2 is 2.08 bits per heavy atom. The summed E-state index contributed by atoms with van der Waals surface area (Å²) in [5.41, 5.74) is 3.64. The van der Waals surface area contributed by atoms with E-state index in [1.807, 2.05) is 37.6 Å². The molecule has 2 aromatic rings. The lowest BCUT2D eigenvalue weighted by Gasteiger charge is -2.28. The van der Waals surface area contributed by atoms with Crippen LogP contribution in [0.4, 0.5) is 5.82 Å². The number of aromatic nitrogens is 2. The van der Waals surface area contributed by atoms with Crippen LogP contribution in [0, 0.1) is 13.8 Å². The molecular formula is C19H23N3O2S. The third-order valence-electron chi connectivity index (χ3n) is 4.54. The summed E-state index contributed by atoms with van der Waals surface area (Å²) >= 11 is 1.54. The average Bonchev–Trinajstić information content (AvgIpc) is 2.56. The highest BCUT2D eigenvalue weighted by atomic mass is 32.2. The van der Waals surface area contributed by atoms with E-state index in [9.17, 15) is 9.59 Å². The van der Waals surface area contributed by atoms with Gasteiger partial charge in [0.2, 0.25) is 5.91 Å². The smallest absolute Gasteiger partial charge is 0.279 e. The molecule has 5 nitrogen and oxygen atoms in total. The molecule has 25 heavy (non-hydrogen) atoms. The van der Waals surface area contributed by atoms with Crippen LogP contribution in [-0.2, 0) is 11.8 Å². The fourth-order valence-corrected chi connectivity index (χ4v) is 4.16. The van der Waals surface area contributed by atoms with Gasteiger partial charge in [0.05, 0.1) is 5.56 Å². The first-order valence-corrected chi connectivity index (χ1v) is 9.51. The van der Waals surface area contributed by atoms with E-state index in [0.29, 0.717) is 16.5 Å².